The van der Waals surface area contributed by atoms with Gasteiger partial charge in [-0.2, -0.15) is 0 Å². The van der Waals surface area contributed by atoms with Gasteiger partial charge in [0.1, 0.15) is 5.75 Å². The third-order valence-corrected chi connectivity index (χ3v) is 3.75. The lowest BCUT2D eigenvalue weighted by molar-refractivity contribution is 0.414. The standard InChI is InChI=1S/C20H23NO/c1-5-16(17-9-11-19(21-3)12-10-17)7-8-18-14-20(22-4)13-6-15(18)2/h5-14,21H,1-4H3/b8-7-,16-5-. The zero-order chi connectivity index (χ0) is 15.9. The summed E-state index contributed by atoms with van der Waals surface area (Å²) in [5.74, 6) is 0.880. The molecule has 0 aliphatic carbocycles. The van der Waals surface area contributed by atoms with E-state index in [0.717, 1.165) is 11.4 Å². The van der Waals surface area contributed by atoms with Gasteiger partial charge in [-0.1, -0.05) is 36.4 Å². The molecule has 2 aromatic carbocycles. The predicted octanol–water partition coefficient (Wildman–Crippen LogP) is 5.16. The van der Waals surface area contributed by atoms with Crippen LogP contribution in [0.25, 0.3) is 11.6 Å². The molecule has 0 saturated heterocycles. The lowest BCUT2D eigenvalue weighted by Crippen LogP contribution is -1.88. The Labute approximate surface area is 133 Å². The summed E-state index contributed by atoms with van der Waals surface area (Å²) in [6.07, 6.45) is 6.41. The van der Waals surface area contributed by atoms with E-state index in [4.69, 9.17) is 4.74 Å². The fraction of sp³-hybridized carbons (Fsp3) is 0.200. The van der Waals surface area contributed by atoms with Gasteiger partial charge in [-0.3, -0.25) is 0 Å². The number of hydrogen-bond acceptors (Lipinski definition) is 2. The number of rotatable bonds is 5. The van der Waals surface area contributed by atoms with E-state index >= 15 is 0 Å². The van der Waals surface area contributed by atoms with Gasteiger partial charge < -0.3 is 10.1 Å². The van der Waals surface area contributed by atoms with E-state index in [-0.39, 0.29) is 0 Å². The van der Waals surface area contributed by atoms with Gasteiger partial charge in [-0.25, -0.2) is 0 Å². The molecule has 114 valence electrons. The summed E-state index contributed by atoms with van der Waals surface area (Å²) >= 11 is 0. The predicted molar refractivity (Wildman–Crippen MR) is 96.4 cm³/mol. The number of nitrogens with one attached hydrogen (secondary N) is 1. The number of benzene rings is 2. The van der Waals surface area contributed by atoms with Crippen LogP contribution in [0, 0.1) is 6.92 Å². The molecule has 0 atom stereocenters. The van der Waals surface area contributed by atoms with Crippen LogP contribution in [-0.2, 0) is 0 Å². The Kier molecular flexibility index (Phi) is 5.42. The maximum atomic E-state index is 5.30. The first-order valence-corrected chi connectivity index (χ1v) is 7.45. The molecule has 0 fully saturated rings. The molecule has 0 aliphatic rings. The second-order valence-corrected chi connectivity index (χ2v) is 5.13. The highest BCUT2D eigenvalue weighted by molar-refractivity contribution is 5.79. The van der Waals surface area contributed by atoms with E-state index in [1.807, 2.05) is 13.1 Å². The molecule has 0 aliphatic heterocycles. The van der Waals surface area contributed by atoms with E-state index in [0.29, 0.717) is 0 Å². The Morgan fingerprint density at radius 2 is 1.82 bits per heavy atom. The molecule has 0 spiro atoms. The van der Waals surface area contributed by atoms with Crippen LogP contribution in [0.2, 0.25) is 0 Å². The summed E-state index contributed by atoms with van der Waals surface area (Å²) in [6, 6.07) is 14.6. The van der Waals surface area contributed by atoms with Crippen molar-refractivity contribution in [2.24, 2.45) is 0 Å². The lowest BCUT2D eigenvalue weighted by atomic mass is 10.0. The molecule has 0 radical (unpaired) electrons. The molecule has 1 N–H and O–H groups in total. The Bertz CT molecular complexity index is 681. The second-order valence-electron chi connectivity index (χ2n) is 5.13. The van der Waals surface area contributed by atoms with Crippen molar-refractivity contribution in [3.8, 4) is 5.75 Å². The highest BCUT2D eigenvalue weighted by Crippen LogP contribution is 2.22. The number of aryl methyl sites for hydroxylation is 1. The smallest absolute Gasteiger partial charge is 0.119 e. The van der Waals surface area contributed by atoms with Crippen LogP contribution in [0.4, 0.5) is 5.69 Å². The van der Waals surface area contributed by atoms with Crippen LogP contribution < -0.4 is 10.1 Å². The average molecular weight is 293 g/mol. The Morgan fingerprint density at radius 3 is 2.41 bits per heavy atom. The van der Waals surface area contributed by atoms with Gasteiger partial charge >= 0.3 is 0 Å². The van der Waals surface area contributed by atoms with E-state index in [1.54, 1.807) is 7.11 Å². The van der Waals surface area contributed by atoms with Gasteiger partial charge in [0.25, 0.3) is 0 Å². The maximum absolute atomic E-state index is 5.30. The van der Waals surface area contributed by atoms with Gasteiger partial charge in [0.2, 0.25) is 0 Å². The summed E-state index contributed by atoms with van der Waals surface area (Å²) in [5.41, 5.74) is 5.93. The molecule has 0 unspecified atom stereocenters. The Morgan fingerprint density at radius 1 is 1.09 bits per heavy atom. The molecule has 0 amide bonds. The zero-order valence-electron chi connectivity index (χ0n) is 13.7. The first kappa shape index (κ1) is 15.9. The Balaban J connectivity index is 2.26. The molecule has 0 heterocycles. The molecule has 2 heteroatoms. The molecule has 2 aromatic rings. The number of ether oxygens (including phenoxy) is 1. The number of anilines is 1. The quantitative estimate of drug-likeness (QED) is 0.769. The minimum atomic E-state index is 0.880. The fourth-order valence-corrected chi connectivity index (χ4v) is 2.29. The monoisotopic (exact) mass is 293 g/mol. The molecule has 2 nitrogen and oxygen atoms in total. The minimum Gasteiger partial charge on any atom is -0.497 e. The number of allylic oxidation sites excluding steroid dienone is 3. The summed E-state index contributed by atoms with van der Waals surface area (Å²) in [6.45, 7) is 4.17. The topological polar surface area (TPSA) is 21.3 Å². The van der Waals surface area contributed by atoms with Gasteiger partial charge in [0.15, 0.2) is 0 Å². The third kappa shape index (κ3) is 3.79. The maximum Gasteiger partial charge on any atom is 0.119 e. The molecule has 0 bridgehead atoms. The van der Waals surface area contributed by atoms with Crippen LogP contribution in [0.15, 0.2) is 54.6 Å². The number of methoxy groups -OCH3 is 1. The van der Waals surface area contributed by atoms with Crippen molar-refractivity contribution in [1.29, 1.82) is 0 Å². The Hall–Kier alpha value is -2.48. The molecular weight excluding hydrogens is 270 g/mol. The highest BCUT2D eigenvalue weighted by Gasteiger charge is 2.00. The fourth-order valence-electron chi connectivity index (χ4n) is 2.29. The van der Waals surface area contributed by atoms with E-state index in [2.05, 4.69) is 73.8 Å². The first-order valence-electron chi connectivity index (χ1n) is 7.45. The average Bonchev–Trinajstić information content (AvgIpc) is 2.57. The second kappa shape index (κ2) is 7.51. The van der Waals surface area contributed by atoms with Crippen molar-refractivity contribution in [1.82, 2.24) is 0 Å². The molecule has 22 heavy (non-hydrogen) atoms. The van der Waals surface area contributed by atoms with E-state index < -0.39 is 0 Å². The van der Waals surface area contributed by atoms with Gasteiger partial charge in [-0.15, -0.1) is 0 Å². The van der Waals surface area contributed by atoms with Crippen LogP contribution in [0.1, 0.15) is 23.6 Å². The number of hydrogen-bond donors (Lipinski definition) is 1. The van der Waals surface area contributed by atoms with Gasteiger partial charge in [0.05, 0.1) is 7.11 Å². The van der Waals surface area contributed by atoms with Crippen LogP contribution in [0.3, 0.4) is 0 Å². The molecule has 0 aromatic heterocycles. The molecule has 0 saturated carbocycles. The summed E-state index contributed by atoms with van der Waals surface area (Å²) < 4.78 is 5.30. The van der Waals surface area contributed by atoms with Crippen molar-refractivity contribution < 1.29 is 4.74 Å². The summed E-state index contributed by atoms with van der Waals surface area (Å²) in [7, 11) is 3.62. The van der Waals surface area contributed by atoms with Gasteiger partial charge in [0, 0.05) is 12.7 Å². The zero-order valence-corrected chi connectivity index (χ0v) is 13.7. The lowest BCUT2D eigenvalue weighted by Gasteiger charge is -2.07. The summed E-state index contributed by atoms with van der Waals surface area (Å²) in [4.78, 5) is 0. The minimum absolute atomic E-state index is 0.880. The summed E-state index contributed by atoms with van der Waals surface area (Å²) in [5, 5.41) is 3.14. The van der Waals surface area contributed by atoms with Crippen LogP contribution >= 0.6 is 0 Å². The molecular formula is C20H23NO. The van der Waals surface area contributed by atoms with E-state index in [1.165, 1.54) is 22.3 Å². The third-order valence-electron chi connectivity index (χ3n) is 3.75. The van der Waals surface area contributed by atoms with Crippen LogP contribution in [-0.4, -0.2) is 14.2 Å². The van der Waals surface area contributed by atoms with Crippen molar-refractivity contribution in [3.63, 3.8) is 0 Å². The largest absolute Gasteiger partial charge is 0.497 e. The van der Waals surface area contributed by atoms with Crippen molar-refractivity contribution in [3.05, 3.63) is 71.3 Å². The van der Waals surface area contributed by atoms with Crippen molar-refractivity contribution >= 4 is 17.3 Å². The first-order chi connectivity index (χ1) is 10.7. The van der Waals surface area contributed by atoms with Crippen molar-refractivity contribution in [2.45, 2.75) is 13.8 Å². The molecule has 2 rings (SSSR count). The van der Waals surface area contributed by atoms with Gasteiger partial charge in [-0.05, 0) is 60.4 Å². The normalized spacial score (nSPS) is 11.7. The van der Waals surface area contributed by atoms with E-state index in [9.17, 15) is 0 Å². The highest BCUT2D eigenvalue weighted by atomic mass is 16.5. The van der Waals surface area contributed by atoms with Crippen LogP contribution in [0.5, 0.6) is 5.75 Å². The SMILES string of the molecule is C/C=C(/C=C\c1cc(OC)ccc1C)c1ccc(NC)cc1. The van der Waals surface area contributed by atoms with Crippen molar-refractivity contribution in [2.75, 3.05) is 19.5 Å².